The van der Waals surface area contributed by atoms with Gasteiger partial charge in [0.25, 0.3) is 0 Å². The van der Waals surface area contributed by atoms with E-state index in [-0.39, 0.29) is 6.04 Å². The minimum atomic E-state index is -0.609. The van der Waals surface area contributed by atoms with E-state index in [0.29, 0.717) is 0 Å². The van der Waals surface area contributed by atoms with E-state index in [1.165, 1.54) is 43.8 Å². The highest BCUT2D eigenvalue weighted by Crippen LogP contribution is 2.62. The number of hydrogen-bond donors (Lipinski definition) is 1. The second kappa shape index (κ2) is 15.6. The lowest BCUT2D eigenvalue weighted by molar-refractivity contribution is 0.741. The first-order valence-electron chi connectivity index (χ1n) is 20.5. The Kier molecular flexibility index (Phi) is 9.71. The monoisotopic (exact) mass is 789 g/mol. The summed E-state index contributed by atoms with van der Waals surface area (Å²) in [5.74, 6) is 0.802. The molecule has 4 heteroatoms. The molecule has 3 heterocycles. The third-order valence-corrected chi connectivity index (χ3v) is 13.2. The van der Waals surface area contributed by atoms with Crippen LogP contribution in [0.4, 0.5) is 0 Å². The fourth-order valence-corrected chi connectivity index (χ4v) is 10.2. The molecule has 3 aliphatic rings. The van der Waals surface area contributed by atoms with Gasteiger partial charge in [-0.15, -0.1) is 6.58 Å². The first-order chi connectivity index (χ1) is 29.5. The molecule has 2 aliphatic heterocycles. The number of hydrogen-bond acceptors (Lipinski definition) is 4. The summed E-state index contributed by atoms with van der Waals surface area (Å²) in [5.41, 5.74) is 15.5. The van der Waals surface area contributed by atoms with Gasteiger partial charge in [0.15, 0.2) is 0 Å². The average Bonchev–Trinajstić information content (AvgIpc) is 3.60. The third kappa shape index (κ3) is 6.41. The number of rotatable bonds is 10. The van der Waals surface area contributed by atoms with Crippen molar-refractivity contribution in [3.05, 3.63) is 252 Å². The molecule has 60 heavy (non-hydrogen) atoms. The molecule has 7 aromatic rings. The number of aliphatic imine (C=N–C) groups is 1. The van der Waals surface area contributed by atoms with Crippen molar-refractivity contribution in [1.29, 1.82) is 0 Å². The Morgan fingerprint density at radius 1 is 0.683 bits per heavy atom. The van der Waals surface area contributed by atoms with E-state index in [9.17, 15) is 0 Å². The Labute approximate surface area is 356 Å². The number of benzene rings is 6. The predicted molar refractivity (Wildman–Crippen MR) is 253 cm³/mol. The number of fused-ring (bicyclic) bond motifs is 8. The van der Waals surface area contributed by atoms with Crippen LogP contribution in [0.1, 0.15) is 41.1 Å². The number of amidine groups is 1. The molecule has 3 nitrogen and oxygen atoms in total. The molecule has 0 amide bonds. The van der Waals surface area contributed by atoms with Gasteiger partial charge in [-0.3, -0.25) is 9.98 Å². The van der Waals surface area contributed by atoms with Crippen molar-refractivity contribution in [1.82, 2.24) is 10.3 Å². The number of pyridine rings is 1. The SMILES string of the molecule is C=CCCC(=C)C1=NC(c2cccc(-c3ccccc3)c2)C=C(/C=C/C2=C(C=C)Sc3ccc(-c4ccc5cccnc5c4)cc3C23c2ccccc2-c2ccccc23)N1. The summed E-state index contributed by atoms with van der Waals surface area (Å²) in [6.45, 7) is 12.9. The van der Waals surface area contributed by atoms with Gasteiger partial charge in [0.1, 0.15) is 5.84 Å². The lowest BCUT2D eigenvalue weighted by atomic mass is 9.66. The maximum absolute atomic E-state index is 5.26. The van der Waals surface area contributed by atoms with Crippen LogP contribution in [-0.4, -0.2) is 10.8 Å². The summed E-state index contributed by atoms with van der Waals surface area (Å²) in [7, 11) is 0. The summed E-state index contributed by atoms with van der Waals surface area (Å²) < 4.78 is 0. The summed E-state index contributed by atoms with van der Waals surface area (Å²) in [4.78, 5) is 12.3. The molecular weight excluding hydrogens is 747 g/mol. The van der Waals surface area contributed by atoms with Gasteiger partial charge >= 0.3 is 0 Å². The second-order valence-electron chi connectivity index (χ2n) is 15.5. The van der Waals surface area contributed by atoms with Gasteiger partial charge in [-0.05, 0) is 122 Å². The summed E-state index contributed by atoms with van der Waals surface area (Å²) in [6.07, 6.45) is 14.2. The maximum Gasteiger partial charge on any atom is 0.128 e. The van der Waals surface area contributed by atoms with Crippen molar-refractivity contribution in [2.45, 2.75) is 29.2 Å². The van der Waals surface area contributed by atoms with Gasteiger partial charge in [-0.1, -0.05) is 164 Å². The molecule has 1 atom stereocenters. The van der Waals surface area contributed by atoms with Crippen LogP contribution in [0.15, 0.2) is 240 Å². The highest BCUT2D eigenvalue weighted by atomic mass is 32.2. The van der Waals surface area contributed by atoms with Crippen LogP contribution in [0.5, 0.6) is 0 Å². The Hall–Kier alpha value is -7.01. The van der Waals surface area contributed by atoms with Gasteiger partial charge < -0.3 is 5.32 Å². The number of nitrogens with one attached hydrogen (secondary N) is 1. The lowest BCUT2D eigenvalue weighted by Gasteiger charge is -2.40. The fraction of sp³-hybridized carbons (Fsp3) is 0.0714. The van der Waals surface area contributed by atoms with Crippen LogP contribution in [-0.2, 0) is 5.41 Å². The number of allylic oxidation sites excluding steroid dienone is 5. The zero-order chi connectivity index (χ0) is 40.6. The standard InChI is InChI=1S/C56H43N3S/c1-4-6-16-37(3)55-58-44(36-52(59-55)43-20-14-19-40(33-43)38-17-8-7-9-18-38)29-30-49-53(5-2)60-54-31-28-41(42-27-26-39-21-15-32-57-51(39)35-42)34-50(54)56(49)47-24-12-10-22-45(47)46-23-11-13-25-48(46)56/h4-5,7-15,17-36,52H,1-3,6,16H2,(H,58,59)/b30-29+. The van der Waals surface area contributed by atoms with Gasteiger partial charge in [-0.2, -0.15) is 0 Å². The van der Waals surface area contributed by atoms with Crippen LogP contribution in [0.2, 0.25) is 0 Å². The molecule has 0 fully saturated rings. The van der Waals surface area contributed by atoms with Crippen molar-refractivity contribution in [2.75, 3.05) is 0 Å². The number of nitrogens with zero attached hydrogens (tertiary/aromatic N) is 2. The van der Waals surface area contributed by atoms with E-state index in [4.69, 9.17) is 9.98 Å². The highest BCUT2D eigenvalue weighted by Gasteiger charge is 2.50. The zero-order valence-corrected chi connectivity index (χ0v) is 34.1. The Morgan fingerprint density at radius 2 is 1.40 bits per heavy atom. The van der Waals surface area contributed by atoms with Crippen molar-refractivity contribution < 1.29 is 0 Å². The van der Waals surface area contributed by atoms with Crippen molar-refractivity contribution >= 4 is 28.5 Å². The number of thioether (sulfide) groups is 1. The Balaban J connectivity index is 1.14. The minimum Gasteiger partial charge on any atom is -0.340 e. The normalized spacial score (nSPS) is 16.1. The molecule has 0 radical (unpaired) electrons. The molecule has 1 spiro atoms. The van der Waals surface area contributed by atoms with Gasteiger partial charge in [-0.25, -0.2) is 0 Å². The molecule has 288 valence electrons. The zero-order valence-electron chi connectivity index (χ0n) is 33.3. The molecule has 1 aromatic heterocycles. The van der Waals surface area contributed by atoms with Crippen LogP contribution in [0.3, 0.4) is 0 Å². The van der Waals surface area contributed by atoms with Gasteiger partial charge in [0.2, 0.25) is 0 Å². The molecular formula is C56H43N3S. The molecule has 6 aromatic carbocycles. The lowest BCUT2D eigenvalue weighted by Crippen LogP contribution is -2.32. The van der Waals surface area contributed by atoms with Crippen LogP contribution < -0.4 is 5.32 Å². The van der Waals surface area contributed by atoms with Crippen LogP contribution >= 0.6 is 11.8 Å². The van der Waals surface area contributed by atoms with Crippen molar-refractivity contribution in [3.8, 4) is 33.4 Å². The average molecular weight is 790 g/mol. The van der Waals surface area contributed by atoms with E-state index in [1.54, 1.807) is 11.8 Å². The Morgan fingerprint density at radius 3 is 2.18 bits per heavy atom. The minimum absolute atomic E-state index is 0.208. The molecule has 1 aliphatic carbocycles. The molecule has 10 rings (SSSR count). The van der Waals surface area contributed by atoms with Gasteiger partial charge in [0.05, 0.1) is 17.0 Å². The Bertz CT molecular complexity index is 2950. The van der Waals surface area contributed by atoms with Crippen LogP contribution in [0.25, 0.3) is 44.3 Å². The van der Waals surface area contributed by atoms with E-state index in [1.807, 2.05) is 24.4 Å². The maximum atomic E-state index is 5.26. The van der Waals surface area contributed by atoms with E-state index >= 15 is 0 Å². The van der Waals surface area contributed by atoms with Crippen molar-refractivity contribution in [3.63, 3.8) is 0 Å². The fourth-order valence-electron chi connectivity index (χ4n) is 9.12. The van der Waals surface area contributed by atoms with E-state index in [0.717, 1.165) is 68.0 Å². The molecule has 1 N–H and O–H groups in total. The smallest absolute Gasteiger partial charge is 0.128 e. The summed E-state index contributed by atoms with van der Waals surface area (Å²) in [5, 5.41) is 4.82. The third-order valence-electron chi connectivity index (χ3n) is 12.0. The predicted octanol–water partition coefficient (Wildman–Crippen LogP) is 14.1. The van der Waals surface area contributed by atoms with E-state index < -0.39 is 5.41 Å². The second-order valence-corrected chi connectivity index (χ2v) is 16.6. The summed E-state index contributed by atoms with van der Waals surface area (Å²) in [6, 6.07) is 54.6. The molecule has 0 saturated heterocycles. The largest absolute Gasteiger partial charge is 0.340 e. The molecule has 0 saturated carbocycles. The molecule has 1 unspecified atom stereocenters. The first-order valence-corrected chi connectivity index (χ1v) is 21.3. The van der Waals surface area contributed by atoms with Crippen molar-refractivity contribution in [2.24, 2.45) is 4.99 Å². The highest BCUT2D eigenvalue weighted by molar-refractivity contribution is 8.03. The first kappa shape index (κ1) is 37.3. The quantitative estimate of drug-likeness (QED) is 0.140. The van der Waals surface area contributed by atoms with Crippen LogP contribution in [0, 0.1) is 0 Å². The molecule has 0 bridgehead atoms. The van der Waals surface area contributed by atoms with E-state index in [2.05, 4.69) is 189 Å². The van der Waals surface area contributed by atoms with Gasteiger partial charge in [0, 0.05) is 27.1 Å². The number of aromatic nitrogens is 1. The topological polar surface area (TPSA) is 37.3 Å². The summed E-state index contributed by atoms with van der Waals surface area (Å²) >= 11 is 1.79.